The number of nitrogens with zero attached hydrogens (tertiary/aromatic N) is 1. The van der Waals surface area contributed by atoms with E-state index in [9.17, 15) is 0 Å². The van der Waals surface area contributed by atoms with Gasteiger partial charge in [-0.25, -0.2) is 0 Å². The molecule has 17 heavy (non-hydrogen) atoms. The van der Waals surface area contributed by atoms with Crippen molar-refractivity contribution in [2.75, 3.05) is 13.1 Å². The Morgan fingerprint density at radius 3 is 2.53 bits per heavy atom. The van der Waals surface area contributed by atoms with Gasteiger partial charge in [-0.05, 0) is 38.0 Å². The SMILES string of the molecule is Cc1ccc(CN2CC(C)NC(C)C2)c(Br)c1. The lowest BCUT2D eigenvalue weighted by atomic mass is 10.1. The molecule has 2 rings (SSSR count). The van der Waals surface area contributed by atoms with Gasteiger partial charge >= 0.3 is 0 Å². The molecule has 1 aromatic carbocycles. The summed E-state index contributed by atoms with van der Waals surface area (Å²) in [5.74, 6) is 0. The molecule has 0 aliphatic carbocycles. The predicted octanol–water partition coefficient (Wildman–Crippen LogP) is 2.94. The average molecular weight is 297 g/mol. The number of piperazine rings is 1. The largest absolute Gasteiger partial charge is 0.309 e. The Labute approximate surface area is 113 Å². The summed E-state index contributed by atoms with van der Waals surface area (Å²) >= 11 is 3.66. The topological polar surface area (TPSA) is 15.3 Å². The van der Waals surface area contributed by atoms with Crippen LogP contribution in [-0.2, 0) is 6.54 Å². The fourth-order valence-electron chi connectivity index (χ4n) is 2.59. The maximum atomic E-state index is 3.66. The standard InChI is InChI=1S/C14H21BrN2/c1-10-4-5-13(14(15)6-10)9-17-7-11(2)16-12(3)8-17/h4-6,11-12,16H,7-9H2,1-3H3. The van der Waals surface area contributed by atoms with Crippen molar-refractivity contribution in [3.05, 3.63) is 33.8 Å². The Bertz CT molecular complexity index is 382. The molecule has 0 radical (unpaired) electrons. The van der Waals surface area contributed by atoms with Gasteiger partial charge in [0.05, 0.1) is 0 Å². The van der Waals surface area contributed by atoms with Crippen LogP contribution in [0.3, 0.4) is 0 Å². The minimum atomic E-state index is 0.586. The summed E-state index contributed by atoms with van der Waals surface area (Å²) in [4.78, 5) is 2.53. The van der Waals surface area contributed by atoms with E-state index in [4.69, 9.17) is 0 Å². The first-order valence-electron chi connectivity index (χ1n) is 6.28. The van der Waals surface area contributed by atoms with Crippen LogP contribution in [0.25, 0.3) is 0 Å². The van der Waals surface area contributed by atoms with E-state index in [2.05, 4.69) is 65.1 Å². The second-order valence-electron chi connectivity index (χ2n) is 5.26. The lowest BCUT2D eigenvalue weighted by Gasteiger charge is -2.36. The summed E-state index contributed by atoms with van der Waals surface area (Å²) in [6.45, 7) is 9.94. The van der Waals surface area contributed by atoms with Crippen LogP contribution in [0.4, 0.5) is 0 Å². The molecule has 1 N–H and O–H groups in total. The summed E-state index contributed by atoms with van der Waals surface area (Å²) in [6.07, 6.45) is 0. The Balaban J connectivity index is 2.04. The highest BCUT2D eigenvalue weighted by Gasteiger charge is 2.21. The van der Waals surface area contributed by atoms with Crippen LogP contribution in [0.2, 0.25) is 0 Å². The smallest absolute Gasteiger partial charge is 0.0246 e. The predicted molar refractivity (Wildman–Crippen MR) is 76.2 cm³/mol. The zero-order valence-corrected chi connectivity index (χ0v) is 12.4. The minimum Gasteiger partial charge on any atom is -0.309 e. The van der Waals surface area contributed by atoms with Crippen LogP contribution < -0.4 is 5.32 Å². The molecule has 0 aromatic heterocycles. The third kappa shape index (κ3) is 3.54. The molecule has 1 aromatic rings. The molecule has 0 spiro atoms. The quantitative estimate of drug-likeness (QED) is 0.903. The van der Waals surface area contributed by atoms with Gasteiger partial charge in [0.15, 0.2) is 0 Å². The molecule has 2 nitrogen and oxygen atoms in total. The number of aryl methyl sites for hydroxylation is 1. The average Bonchev–Trinajstić information content (AvgIpc) is 2.21. The molecule has 3 heteroatoms. The van der Waals surface area contributed by atoms with Crippen molar-refractivity contribution >= 4 is 15.9 Å². The van der Waals surface area contributed by atoms with E-state index in [1.54, 1.807) is 0 Å². The zero-order valence-electron chi connectivity index (χ0n) is 10.8. The first-order valence-corrected chi connectivity index (χ1v) is 7.07. The van der Waals surface area contributed by atoms with Crippen molar-refractivity contribution in [2.24, 2.45) is 0 Å². The van der Waals surface area contributed by atoms with Crippen molar-refractivity contribution in [1.82, 2.24) is 10.2 Å². The van der Waals surface area contributed by atoms with Gasteiger partial charge in [0.25, 0.3) is 0 Å². The van der Waals surface area contributed by atoms with Crippen LogP contribution in [0.15, 0.2) is 22.7 Å². The first kappa shape index (κ1) is 13.1. The van der Waals surface area contributed by atoms with E-state index < -0.39 is 0 Å². The van der Waals surface area contributed by atoms with Crippen molar-refractivity contribution in [3.8, 4) is 0 Å². The number of hydrogen-bond donors (Lipinski definition) is 1. The molecule has 94 valence electrons. The molecule has 1 aliphatic heterocycles. The highest BCUT2D eigenvalue weighted by molar-refractivity contribution is 9.10. The van der Waals surface area contributed by atoms with Crippen molar-refractivity contribution in [3.63, 3.8) is 0 Å². The second-order valence-corrected chi connectivity index (χ2v) is 6.11. The van der Waals surface area contributed by atoms with E-state index in [0.717, 1.165) is 19.6 Å². The molecule has 1 aliphatic rings. The third-order valence-electron chi connectivity index (χ3n) is 3.24. The van der Waals surface area contributed by atoms with Crippen LogP contribution in [0.5, 0.6) is 0 Å². The summed E-state index contributed by atoms with van der Waals surface area (Å²) in [6, 6.07) is 7.79. The summed E-state index contributed by atoms with van der Waals surface area (Å²) in [7, 11) is 0. The molecule has 0 saturated carbocycles. The van der Waals surface area contributed by atoms with Crippen molar-refractivity contribution < 1.29 is 0 Å². The monoisotopic (exact) mass is 296 g/mol. The lowest BCUT2D eigenvalue weighted by Crippen LogP contribution is -2.53. The van der Waals surface area contributed by atoms with Gasteiger partial charge in [0, 0.05) is 36.2 Å². The molecular formula is C14H21BrN2. The normalized spacial score (nSPS) is 26.1. The number of halogens is 1. The van der Waals surface area contributed by atoms with Gasteiger partial charge in [-0.15, -0.1) is 0 Å². The Kier molecular flexibility index (Phi) is 4.23. The van der Waals surface area contributed by atoms with E-state index in [1.165, 1.54) is 15.6 Å². The summed E-state index contributed by atoms with van der Waals surface area (Å²) in [5, 5.41) is 3.57. The number of benzene rings is 1. The van der Waals surface area contributed by atoms with E-state index >= 15 is 0 Å². The van der Waals surface area contributed by atoms with Crippen LogP contribution in [0, 0.1) is 6.92 Å². The maximum Gasteiger partial charge on any atom is 0.0246 e. The Morgan fingerprint density at radius 1 is 1.29 bits per heavy atom. The first-order chi connectivity index (χ1) is 8.04. The van der Waals surface area contributed by atoms with Gasteiger partial charge in [0.2, 0.25) is 0 Å². The lowest BCUT2D eigenvalue weighted by molar-refractivity contribution is 0.166. The van der Waals surface area contributed by atoms with Crippen LogP contribution >= 0.6 is 15.9 Å². The fourth-order valence-corrected chi connectivity index (χ4v) is 3.21. The molecule has 1 fully saturated rings. The number of nitrogens with one attached hydrogen (secondary N) is 1. The summed E-state index contributed by atoms with van der Waals surface area (Å²) < 4.78 is 1.23. The number of rotatable bonds is 2. The van der Waals surface area contributed by atoms with Crippen LogP contribution in [-0.4, -0.2) is 30.1 Å². The second kappa shape index (κ2) is 5.51. The Morgan fingerprint density at radius 2 is 1.94 bits per heavy atom. The van der Waals surface area contributed by atoms with Crippen molar-refractivity contribution in [2.45, 2.75) is 39.4 Å². The molecule has 1 saturated heterocycles. The minimum absolute atomic E-state index is 0.586. The molecule has 2 unspecified atom stereocenters. The van der Waals surface area contributed by atoms with Gasteiger partial charge < -0.3 is 5.32 Å². The maximum absolute atomic E-state index is 3.66. The third-order valence-corrected chi connectivity index (χ3v) is 3.97. The van der Waals surface area contributed by atoms with Crippen LogP contribution in [0.1, 0.15) is 25.0 Å². The van der Waals surface area contributed by atoms with Gasteiger partial charge in [0.1, 0.15) is 0 Å². The molecule has 1 heterocycles. The molecular weight excluding hydrogens is 276 g/mol. The Hall–Kier alpha value is -0.380. The number of hydrogen-bond acceptors (Lipinski definition) is 2. The zero-order chi connectivity index (χ0) is 12.4. The molecule has 0 bridgehead atoms. The van der Waals surface area contributed by atoms with Crippen molar-refractivity contribution in [1.29, 1.82) is 0 Å². The highest BCUT2D eigenvalue weighted by Crippen LogP contribution is 2.21. The fraction of sp³-hybridized carbons (Fsp3) is 0.571. The van der Waals surface area contributed by atoms with E-state index in [-0.39, 0.29) is 0 Å². The van der Waals surface area contributed by atoms with Gasteiger partial charge in [-0.2, -0.15) is 0 Å². The molecule has 0 amide bonds. The molecule has 2 atom stereocenters. The highest BCUT2D eigenvalue weighted by atomic mass is 79.9. The summed E-state index contributed by atoms with van der Waals surface area (Å²) in [5.41, 5.74) is 2.69. The van der Waals surface area contributed by atoms with Gasteiger partial charge in [-0.1, -0.05) is 28.1 Å². The van der Waals surface area contributed by atoms with Gasteiger partial charge in [-0.3, -0.25) is 4.90 Å². The van der Waals surface area contributed by atoms with E-state index in [1.807, 2.05) is 0 Å². The van der Waals surface area contributed by atoms with E-state index in [0.29, 0.717) is 12.1 Å².